The molecule has 1 aromatic heterocycles. The van der Waals surface area contributed by atoms with Crippen LogP contribution in [-0.4, -0.2) is 24.1 Å². The molecule has 0 aliphatic carbocycles. The number of anilines is 2. The van der Waals surface area contributed by atoms with Crippen molar-refractivity contribution in [2.45, 2.75) is 11.8 Å². The first-order valence-corrected chi connectivity index (χ1v) is 9.32. The minimum absolute atomic E-state index is 0.00711. The molecular formula is C18H18N4O3S. The fourth-order valence-corrected chi connectivity index (χ4v) is 3.49. The van der Waals surface area contributed by atoms with Crippen molar-refractivity contribution in [3.05, 3.63) is 71.9 Å². The molecule has 0 radical (unpaired) electrons. The summed E-state index contributed by atoms with van der Waals surface area (Å²) in [6.45, 7) is 1.88. The van der Waals surface area contributed by atoms with Gasteiger partial charge in [-0.05, 0) is 42.8 Å². The van der Waals surface area contributed by atoms with Crippen LogP contribution < -0.4 is 10.0 Å². The predicted molar refractivity (Wildman–Crippen MR) is 99.6 cm³/mol. The minimum Gasteiger partial charge on any atom is -0.305 e. The molecule has 0 spiro atoms. The second-order valence-corrected chi connectivity index (χ2v) is 7.51. The van der Waals surface area contributed by atoms with Crippen LogP contribution in [0.4, 0.5) is 11.5 Å². The number of rotatable bonds is 5. The van der Waals surface area contributed by atoms with E-state index in [-0.39, 0.29) is 10.5 Å². The van der Waals surface area contributed by atoms with E-state index in [2.05, 4.69) is 15.1 Å². The van der Waals surface area contributed by atoms with Gasteiger partial charge in [0.25, 0.3) is 15.9 Å². The fraction of sp³-hybridized carbons (Fsp3) is 0.111. The standard InChI is InChI=1S/C18H18N4O3S/c1-13-5-3-7-15(11-13)21-26(24,25)16-8-4-6-14(12-16)18(23)19-17-9-10-22(2)20-17/h3-12,21H,1-2H3,(H,19,20,23). The summed E-state index contributed by atoms with van der Waals surface area (Å²) in [4.78, 5) is 12.3. The van der Waals surface area contributed by atoms with Crippen LogP contribution in [0.5, 0.6) is 0 Å². The van der Waals surface area contributed by atoms with Crippen molar-refractivity contribution in [1.29, 1.82) is 0 Å². The van der Waals surface area contributed by atoms with Crippen molar-refractivity contribution < 1.29 is 13.2 Å². The Morgan fingerprint density at radius 3 is 2.54 bits per heavy atom. The summed E-state index contributed by atoms with van der Waals surface area (Å²) in [5.74, 6) is -0.0417. The SMILES string of the molecule is Cc1cccc(NS(=O)(=O)c2cccc(C(=O)Nc3ccn(C)n3)c2)c1. The zero-order valence-electron chi connectivity index (χ0n) is 14.3. The van der Waals surface area contributed by atoms with Crippen LogP contribution >= 0.6 is 0 Å². The van der Waals surface area contributed by atoms with Crippen LogP contribution in [-0.2, 0) is 17.1 Å². The molecule has 0 bridgehead atoms. The lowest BCUT2D eigenvalue weighted by atomic mass is 10.2. The highest BCUT2D eigenvalue weighted by atomic mass is 32.2. The van der Waals surface area contributed by atoms with E-state index in [0.29, 0.717) is 11.5 Å². The van der Waals surface area contributed by atoms with Crippen LogP contribution in [0.1, 0.15) is 15.9 Å². The van der Waals surface area contributed by atoms with Gasteiger partial charge in [-0.15, -0.1) is 0 Å². The Morgan fingerprint density at radius 2 is 1.85 bits per heavy atom. The Kier molecular flexibility index (Phi) is 4.77. The zero-order valence-corrected chi connectivity index (χ0v) is 15.1. The molecule has 2 N–H and O–H groups in total. The van der Waals surface area contributed by atoms with Crippen LogP contribution in [0.25, 0.3) is 0 Å². The summed E-state index contributed by atoms with van der Waals surface area (Å²) in [5, 5.41) is 6.69. The highest BCUT2D eigenvalue weighted by Crippen LogP contribution is 2.18. The molecule has 3 aromatic rings. The van der Waals surface area contributed by atoms with Gasteiger partial charge in [0.2, 0.25) is 0 Å². The molecule has 0 unspecified atom stereocenters. The number of hydrogen-bond donors (Lipinski definition) is 2. The molecule has 3 rings (SSSR count). The van der Waals surface area contributed by atoms with Crippen LogP contribution in [0.3, 0.4) is 0 Å². The van der Waals surface area contributed by atoms with E-state index in [1.54, 1.807) is 48.3 Å². The van der Waals surface area contributed by atoms with Crippen molar-refractivity contribution in [3.63, 3.8) is 0 Å². The number of aromatic nitrogens is 2. The third-order valence-electron chi connectivity index (χ3n) is 3.63. The molecule has 7 nitrogen and oxygen atoms in total. The van der Waals surface area contributed by atoms with Gasteiger partial charge in [0.15, 0.2) is 5.82 Å². The van der Waals surface area contributed by atoms with Gasteiger partial charge in [-0.1, -0.05) is 18.2 Å². The Labute approximate surface area is 151 Å². The minimum atomic E-state index is -3.80. The molecule has 8 heteroatoms. The number of hydrogen-bond acceptors (Lipinski definition) is 4. The Morgan fingerprint density at radius 1 is 1.08 bits per heavy atom. The quantitative estimate of drug-likeness (QED) is 0.722. The Balaban J connectivity index is 1.82. The summed E-state index contributed by atoms with van der Waals surface area (Å²) in [7, 11) is -2.07. The summed E-state index contributed by atoms with van der Waals surface area (Å²) in [6.07, 6.45) is 1.70. The van der Waals surface area contributed by atoms with E-state index in [1.165, 1.54) is 18.2 Å². The number of sulfonamides is 1. The number of nitrogens with one attached hydrogen (secondary N) is 2. The van der Waals surface area contributed by atoms with Gasteiger partial charge in [-0.25, -0.2) is 8.42 Å². The molecule has 134 valence electrons. The second kappa shape index (κ2) is 7.01. The van der Waals surface area contributed by atoms with Crippen LogP contribution in [0, 0.1) is 6.92 Å². The Bertz CT molecular complexity index is 1060. The smallest absolute Gasteiger partial charge is 0.261 e. The zero-order chi connectivity index (χ0) is 18.7. The topological polar surface area (TPSA) is 93.1 Å². The van der Waals surface area contributed by atoms with Gasteiger partial charge in [0.1, 0.15) is 0 Å². The predicted octanol–water partition coefficient (Wildman–Crippen LogP) is 2.78. The maximum Gasteiger partial charge on any atom is 0.261 e. The Hall–Kier alpha value is -3.13. The van der Waals surface area contributed by atoms with E-state index in [1.807, 2.05) is 13.0 Å². The first kappa shape index (κ1) is 17.7. The van der Waals surface area contributed by atoms with Gasteiger partial charge < -0.3 is 5.32 Å². The summed E-state index contributed by atoms with van der Waals surface area (Å²) in [5.41, 5.74) is 1.63. The van der Waals surface area contributed by atoms with E-state index in [0.717, 1.165) is 5.56 Å². The van der Waals surface area contributed by atoms with E-state index in [4.69, 9.17) is 0 Å². The molecule has 1 heterocycles. The van der Waals surface area contributed by atoms with Crippen LogP contribution in [0.2, 0.25) is 0 Å². The van der Waals surface area contributed by atoms with E-state index in [9.17, 15) is 13.2 Å². The number of benzene rings is 2. The molecule has 0 fully saturated rings. The lowest BCUT2D eigenvalue weighted by Crippen LogP contribution is -2.16. The summed E-state index contributed by atoms with van der Waals surface area (Å²) in [6, 6.07) is 14.5. The largest absolute Gasteiger partial charge is 0.305 e. The number of amides is 1. The molecule has 1 amide bonds. The van der Waals surface area contributed by atoms with Gasteiger partial charge in [-0.3, -0.25) is 14.2 Å². The number of nitrogens with zero attached hydrogens (tertiary/aromatic N) is 2. The molecule has 0 aliphatic rings. The summed E-state index contributed by atoms with van der Waals surface area (Å²) < 4.78 is 29.3. The molecule has 26 heavy (non-hydrogen) atoms. The molecule has 0 aliphatic heterocycles. The van der Waals surface area contributed by atoms with Crippen molar-refractivity contribution in [3.8, 4) is 0 Å². The molecule has 0 atom stereocenters. The highest BCUT2D eigenvalue weighted by Gasteiger charge is 2.17. The molecule has 0 saturated carbocycles. The molecule has 2 aromatic carbocycles. The maximum absolute atomic E-state index is 12.6. The van der Waals surface area contributed by atoms with Crippen molar-refractivity contribution in [2.75, 3.05) is 10.0 Å². The van der Waals surface area contributed by atoms with E-state index < -0.39 is 15.9 Å². The summed E-state index contributed by atoms with van der Waals surface area (Å²) >= 11 is 0. The third-order valence-corrected chi connectivity index (χ3v) is 5.01. The van der Waals surface area contributed by atoms with Gasteiger partial charge >= 0.3 is 0 Å². The van der Waals surface area contributed by atoms with Gasteiger partial charge in [0, 0.05) is 30.6 Å². The van der Waals surface area contributed by atoms with Crippen molar-refractivity contribution in [1.82, 2.24) is 9.78 Å². The van der Waals surface area contributed by atoms with E-state index >= 15 is 0 Å². The number of carbonyl (C=O) groups excluding carboxylic acids is 1. The first-order chi connectivity index (χ1) is 12.3. The highest BCUT2D eigenvalue weighted by molar-refractivity contribution is 7.92. The van der Waals surface area contributed by atoms with Gasteiger partial charge in [-0.2, -0.15) is 5.10 Å². The number of carbonyl (C=O) groups is 1. The fourth-order valence-electron chi connectivity index (χ4n) is 2.40. The average molecular weight is 370 g/mol. The third kappa shape index (κ3) is 4.09. The van der Waals surface area contributed by atoms with Gasteiger partial charge in [0.05, 0.1) is 4.90 Å². The number of aryl methyl sites for hydroxylation is 2. The molecule has 0 saturated heterocycles. The normalized spacial score (nSPS) is 11.2. The van der Waals surface area contributed by atoms with Crippen molar-refractivity contribution in [2.24, 2.45) is 7.05 Å². The average Bonchev–Trinajstić information content (AvgIpc) is 2.99. The lowest BCUT2D eigenvalue weighted by Gasteiger charge is -2.10. The monoisotopic (exact) mass is 370 g/mol. The second-order valence-electron chi connectivity index (χ2n) is 5.83. The van der Waals surface area contributed by atoms with Crippen molar-refractivity contribution >= 4 is 27.4 Å². The molecular weight excluding hydrogens is 352 g/mol. The maximum atomic E-state index is 12.6. The van der Waals surface area contributed by atoms with Crippen LogP contribution in [0.15, 0.2) is 65.7 Å². The lowest BCUT2D eigenvalue weighted by molar-refractivity contribution is 0.102. The first-order valence-electron chi connectivity index (χ1n) is 7.84.